The van der Waals surface area contributed by atoms with Gasteiger partial charge in [-0.2, -0.15) is 0 Å². The van der Waals surface area contributed by atoms with Crippen molar-refractivity contribution in [2.45, 2.75) is 31.7 Å². The summed E-state index contributed by atoms with van der Waals surface area (Å²) in [5.74, 6) is -0.136. The molecule has 0 saturated heterocycles. The molecule has 0 aliphatic heterocycles. The quantitative estimate of drug-likeness (QED) is 0.718. The van der Waals surface area contributed by atoms with Crippen LogP contribution in [-0.2, 0) is 27.8 Å². The van der Waals surface area contributed by atoms with Crippen molar-refractivity contribution in [2.24, 2.45) is 5.14 Å². The van der Waals surface area contributed by atoms with E-state index in [2.05, 4.69) is 11.4 Å². The fourth-order valence-corrected chi connectivity index (χ4v) is 3.51. The van der Waals surface area contributed by atoms with Crippen LogP contribution in [0.1, 0.15) is 22.3 Å². The first-order valence-corrected chi connectivity index (χ1v) is 9.64. The van der Waals surface area contributed by atoms with Crippen molar-refractivity contribution < 1.29 is 17.6 Å². The van der Waals surface area contributed by atoms with E-state index >= 15 is 0 Å². The van der Waals surface area contributed by atoms with Gasteiger partial charge < -0.3 is 9.73 Å². The number of aryl methyl sites for hydroxylation is 2. The standard InChI is InChI=1S/C19H20N2O4S/c1-12-7-13(2)19-15(11-25-17(19)8-12)9-18(22)21-10-14-3-5-16(6-4-14)26(20,23)24/h3-8,11H,9-10H2,1-2H3,(H,21,22)(H2,20,23,24). The molecule has 7 heteroatoms. The van der Waals surface area contributed by atoms with E-state index in [9.17, 15) is 13.2 Å². The van der Waals surface area contributed by atoms with Crippen LogP contribution in [0.4, 0.5) is 0 Å². The maximum Gasteiger partial charge on any atom is 0.238 e. The minimum atomic E-state index is -3.71. The monoisotopic (exact) mass is 372 g/mol. The van der Waals surface area contributed by atoms with E-state index in [1.54, 1.807) is 18.4 Å². The van der Waals surface area contributed by atoms with Crippen molar-refractivity contribution in [3.63, 3.8) is 0 Å². The minimum Gasteiger partial charge on any atom is -0.464 e. The molecule has 0 fully saturated rings. The highest BCUT2D eigenvalue weighted by molar-refractivity contribution is 7.89. The number of carbonyl (C=O) groups is 1. The Hall–Kier alpha value is -2.64. The first kappa shape index (κ1) is 18.2. The molecule has 3 N–H and O–H groups in total. The Balaban J connectivity index is 1.66. The normalized spacial score (nSPS) is 11.7. The molecule has 1 aromatic heterocycles. The Labute approximate surface area is 152 Å². The van der Waals surface area contributed by atoms with E-state index in [1.807, 2.05) is 19.9 Å². The van der Waals surface area contributed by atoms with Gasteiger partial charge in [0, 0.05) is 17.5 Å². The lowest BCUT2D eigenvalue weighted by molar-refractivity contribution is -0.120. The van der Waals surface area contributed by atoms with Gasteiger partial charge in [0.05, 0.1) is 17.6 Å². The number of sulfonamides is 1. The van der Waals surface area contributed by atoms with Gasteiger partial charge in [0.15, 0.2) is 0 Å². The van der Waals surface area contributed by atoms with Crippen LogP contribution in [0.2, 0.25) is 0 Å². The van der Waals surface area contributed by atoms with Gasteiger partial charge in [0.25, 0.3) is 0 Å². The summed E-state index contributed by atoms with van der Waals surface area (Å²) in [5, 5.41) is 8.87. The number of rotatable bonds is 5. The van der Waals surface area contributed by atoms with Crippen LogP contribution in [0.25, 0.3) is 11.0 Å². The van der Waals surface area contributed by atoms with Crippen LogP contribution >= 0.6 is 0 Å². The molecule has 1 amide bonds. The van der Waals surface area contributed by atoms with Gasteiger partial charge in [0.2, 0.25) is 15.9 Å². The SMILES string of the molecule is Cc1cc(C)c2c(CC(=O)NCc3ccc(S(N)(=O)=O)cc3)coc2c1. The maximum absolute atomic E-state index is 12.3. The molecule has 2 aromatic carbocycles. The highest BCUT2D eigenvalue weighted by Crippen LogP contribution is 2.26. The number of hydrogen-bond donors (Lipinski definition) is 2. The second-order valence-corrected chi connectivity index (χ2v) is 7.92. The molecule has 3 aromatic rings. The second kappa shape index (κ2) is 6.93. The zero-order valence-electron chi connectivity index (χ0n) is 14.6. The first-order valence-electron chi connectivity index (χ1n) is 8.10. The summed E-state index contributed by atoms with van der Waals surface area (Å²) in [6, 6.07) is 10.1. The third-order valence-corrected chi connectivity index (χ3v) is 5.11. The number of nitrogens with two attached hydrogens (primary N) is 1. The van der Waals surface area contributed by atoms with Crippen LogP contribution in [0, 0.1) is 13.8 Å². The molecule has 6 nitrogen and oxygen atoms in total. The summed E-state index contributed by atoms with van der Waals surface area (Å²) >= 11 is 0. The summed E-state index contributed by atoms with van der Waals surface area (Å²) in [6.07, 6.45) is 1.84. The summed E-state index contributed by atoms with van der Waals surface area (Å²) < 4.78 is 28.1. The minimum absolute atomic E-state index is 0.0446. The van der Waals surface area contributed by atoms with Crippen LogP contribution < -0.4 is 10.5 Å². The van der Waals surface area contributed by atoms with Gasteiger partial charge in [-0.3, -0.25) is 4.79 Å². The fraction of sp³-hybridized carbons (Fsp3) is 0.211. The molecule has 0 radical (unpaired) electrons. The third kappa shape index (κ3) is 3.95. The average molecular weight is 372 g/mol. The van der Waals surface area contributed by atoms with Crippen LogP contribution in [0.3, 0.4) is 0 Å². The molecule has 0 bridgehead atoms. The number of fused-ring (bicyclic) bond motifs is 1. The fourth-order valence-electron chi connectivity index (χ4n) is 2.99. The Morgan fingerprint density at radius 3 is 2.50 bits per heavy atom. The number of furan rings is 1. The Morgan fingerprint density at radius 1 is 1.15 bits per heavy atom. The molecular weight excluding hydrogens is 352 g/mol. The zero-order chi connectivity index (χ0) is 18.9. The third-order valence-electron chi connectivity index (χ3n) is 4.19. The van der Waals surface area contributed by atoms with Gasteiger partial charge in [-0.25, -0.2) is 13.6 Å². The van der Waals surface area contributed by atoms with E-state index in [1.165, 1.54) is 12.1 Å². The van der Waals surface area contributed by atoms with Gasteiger partial charge in [-0.1, -0.05) is 18.2 Å². The van der Waals surface area contributed by atoms with Crippen molar-refractivity contribution in [3.8, 4) is 0 Å². The number of hydrogen-bond acceptors (Lipinski definition) is 4. The van der Waals surface area contributed by atoms with Gasteiger partial charge in [-0.15, -0.1) is 0 Å². The number of carbonyl (C=O) groups excluding carboxylic acids is 1. The van der Waals surface area contributed by atoms with Crippen molar-refractivity contribution in [3.05, 3.63) is 64.9 Å². The summed E-state index contributed by atoms with van der Waals surface area (Å²) in [4.78, 5) is 12.3. The largest absolute Gasteiger partial charge is 0.464 e. The number of nitrogens with one attached hydrogen (secondary N) is 1. The Bertz CT molecular complexity index is 1070. The molecule has 0 aliphatic carbocycles. The number of primary sulfonamides is 1. The number of benzene rings is 2. The lowest BCUT2D eigenvalue weighted by atomic mass is 10.0. The molecule has 0 aliphatic rings. The lowest BCUT2D eigenvalue weighted by Crippen LogP contribution is -2.24. The molecular formula is C19H20N2O4S. The predicted molar refractivity (Wildman–Crippen MR) is 99.1 cm³/mol. The average Bonchev–Trinajstić information content (AvgIpc) is 2.95. The lowest BCUT2D eigenvalue weighted by Gasteiger charge is -2.06. The van der Waals surface area contributed by atoms with E-state index in [0.29, 0.717) is 6.54 Å². The Kier molecular flexibility index (Phi) is 4.84. The van der Waals surface area contributed by atoms with Crippen molar-refractivity contribution in [1.82, 2.24) is 5.32 Å². The van der Waals surface area contributed by atoms with E-state index in [-0.39, 0.29) is 17.2 Å². The molecule has 1 heterocycles. The van der Waals surface area contributed by atoms with Crippen molar-refractivity contribution >= 4 is 26.9 Å². The van der Waals surface area contributed by atoms with Crippen molar-refractivity contribution in [1.29, 1.82) is 0 Å². The predicted octanol–water partition coefficient (Wildman–Crippen LogP) is 2.56. The Morgan fingerprint density at radius 2 is 1.85 bits per heavy atom. The summed E-state index contributed by atoms with van der Waals surface area (Å²) in [5.41, 5.74) is 4.61. The topological polar surface area (TPSA) is 102 Å². The first-order chi connectivity index (χ1) is 12.2. The van der Waals surface area contributed by atoms with E-state index < -0.39 is 10.0 Å². The highest BCUT2D eigenvalue weighted by Gasteiger charge is 2.13. The summed E-state index contributed by atoms with van der Waals surface area (Å²) in [6.45, 7) is 4.30. The van der Waals surface area contributed by atoms with Crippen LogP contribution in [0.15, 0.2) is 52.0 Å². The summed E-state index contributed by atoms with van der Waals surface area (Å²) in [7, 11) is -3.71. The smallest absolute Gasteiger partial charge is 0.238 e. The molecule has 136 valence electrons. The molecule has 0 spiro atoms. The zero-order valence-corrected chi connectivity index (χ0v) is 15.4. The van der Waals surface area contributed by atoms with E-state index in [0.717, 1.165) is 33.2 Å². The molecule has 0 saturated carbocycles. The van der Waals surface area contributed by atoms with Crippen molar-refractivity contribution in [2.75, 3.05) is 0 Å². The molecule has 3 rings (SSSR count). The van der Waals surface area contributed by atoms with Gasteiger partial charge >= 0.3 is 0 Å². The van der Waals surface area contributed by atoms with Gasteiger partial charge in [0.1, 0.15) is 5.58 Å². The van der Waals surface area contributed by atoms with Crippen LogP contribution in [-0.4, -0.2) is 14.3 Å². The maximum atomic E-state index is 12.3. The molecule has 0 atom stereocenters. The van der Waals surface area contributed by atoms with Gasteiger partial charge in [-0.05, 0) is 48.7 Å². The second-order valence-electron chi connectivity index (χ2n) is 6.36. The number of amides is 1. The van der Waals surface area contributed by atoms with E-state index in [4.69, 9.17) is 9.56 Å². The molecule has 0 unspecified atom stereocenters. The highest BCUT2D eigenvalue weighted by atomic mass is 32.2. The van der Waals surface area contributed by atoms with Crippen LogP contribution in [0.5, 0.6) is 0 Å². The molecule has 26 heavy (non-hydrogen) atoms.